The van der Waals surface area contributed by atoms with Gasteiger partial charge in [0.25, 0.3) is 0 Å². The summed E-state index contributed by atoms with van der Waals surface area (Å²) < 4.78 is 52.3. The number of halogens is 3. The van der Waals surface area contributed by atoms with Crippen molar-refractivity contribution >= 4 is 11.9 Å². The van der Waals surface area contributed by atoms with E-state index in [0.717, 1.165) is 0 Å². The van der Waals surface area contributed by atoms with E-state index in [9.17, 15) is 22.8 Å². The molecule has 0 spiro atoms. The highest BCUT2D eigenvalue weighted by atomic mass is 19.4. The minimum Gasteiger partial charge on any atom is -0.462 e. The number of hydrogen-bond acceptors (Lipinski definition) is 5. The van der Waals surface area contributed by atoms with Crippen LogP contribution in [0.25, 0.3) is 0 Å². The molecule has 1 aromatic rings. The van der Waals surface area contributed by atoms with E-state index in [0.29, 0.717) is 6.07 Å². The summed E-state index contributed by atoms with van der Waals surface area (Å²) in [5, 5.41) is 0. The summed E-state index contributed by atoms with van der Waals surface area (Å²) in [6.45, 7) is 5.98. The molecule has 8 heteroatoms. The minimum absolute atomic E-state index is 0.108. The first kappa shape index (κ1) is 17.1. The Labute approximate surface area is 119 Å². The lowest BCUT2D eigenvalue weighted by Crippen LogP contribution is -2.23. The van der Waals surface area contributed by atoms with Crippen molar-refractivity contribution in [3.63, 3.8) is 0 Å². The zero-order valence-corrected chi connectivity index (χ0v) is 12.0. The summed E-state index contributed by atoms with van der Waals surface area (Å²) in [6.07, 6.45) is -4.93. The number of hydrogen-bond donors (Lipinski definition) is 0. The van der Waals surface area contributed by atoms with Gasteiger partial charge in [0.2, 0.25) is 11.5 Å². The Morgan fingerprint density at radius 1 is 1.19 bits per heavy atom. The maximum absolute atomic E-state index is 12.8. The molecule has 0 aliphatic heterocycles. The Balaban J connectivity index is 3.20. The monoisotopic (exact) mass is 308 g/mol. The number of ether oxygens (including phenoxy) is 2. The van der Waals surface area contributed by atoms with Gasteiger partial charge in [0.05, 0.1) is 6.61 Å². The molecule has 0 unspecified atom stereocenters. The van der Waals surface area contributed by atoms with Gasteiger partial charge < -0.3 is 13.9 Å². The molecule has 0 amide bonds. The van der Waals surface area contributed by atoms with Gasteiger partial charge in [-0.15, -0.1) is 0 Å². The lowest BCUT2D eigenvalue weighted by molar-refractivity contribution is -0.153. The van der Waals surface area contributed by atoms with Crippen LogP contribution in [0.3, 0.4) is 0 Å². The lowest BCUT2D eigenvalue weighted by atomic mass is 10.2. The Bertz CT molecular complexity index is 537. The van der Waals surface area contributed by atoms with E-state index < -0.39 is 40.8 Å². The SMILES string of the molecule is CCOC(=O)c1cc(C(=O)OC(C)(C)C)oc1C(F)(F)F. The van der Waals surface area contributed by atoms with Crippen LogP contribution in [0, 0.1) is 0 Å². The molecule has 1 heterocycles. The van der Waals surface area contributed by atoms with Crippen LogP contribution in [0.5, 0.6) is 0 Å². The Morgan fingerprint density at radius 2 is 1.76 bits per heavy atom. The van der Waals surface area contributed by atoms with Crippen molar-refractivity contribution in [3.8, 4) is 0 Å². The second-order valence-corrected chi connectivity index (χ2v) is 5.07. The first-order chi connectivity index (χ1) is 9.45. The molecule has 0 fully saturated rings. The third-order valence-corrected chi connectivity index (χ3v) is 2.08. The van der Waals surface area contributed by atoms with E-state index >= 15 is 0 Å². The van der Waals surface area contributed by atoms with Crippen molar-refractivity contribution < 1.29 is 36.7 Å². The van der Waals surface area contributed by atoms with Crippen molar-refractivity contribution in [2.45, 2.75) is 39.5 Å². The molecule has 1 rings (SSSR count). The number of esters is 2. The van der Waals surface area contributed by atoms with Gasteiger partial charge in [0, 0.05) is 6.07 Å². The Morgan fingerprint density at radius 3 is 2.19 bits per heavy atom. The quantitative estimate of drug-likeness (QED) is 0.800. The average Bonchev–Trinajstić information content (AvgIpc) is 2.71. The third kappa shape index (κ3) is 4.51. The smallest absolute Gasteiger partial charge is 0.450 e. The number of carbonyl (C=O) groups excluding carboxylic acids is 2. The summed E-state index contributed by atoms with van der Waals surface area (Å²) >= 11 is 0. The molecule has 118 valence electrons. The van der Waals surface area contributed by atoms with E-state index in [-0.39, 0.29) is 6.61 Å². The number of alkyl halides is 3. The van der Waals surface area contributed by atoms with Crippen molar-refractivity contribution in [2.24, 2.45) is 0 Å². The topological polar surface area (TPSA) is 65.7 Å². The molecule has 5 nitrogen and oxygen atoms in total. The zero-order valence-electron chi connectivity index (χ0n) is 12.0. The first-order valence-electron chi connectivity index (χ1n) is 6.07. The summed E-state index contributed by atoms with van der Waals surface area (Å²) in [4.78, 5) is 23.2. The molecule has 21 heavy (non-hydrogen) atoms. The minimum atomic E-state index is -4.93. The average molecular weight is 308 g/mol. The predicted octanol–water partition coefficient (Wildman–Crippen LogP) is 3.43. The van der Waals surface area contributed by atoms with Crippen LogP contribution >= 0.6 is 0 Å². The molecule has 0 aliphatic rings. The highest BCUT2D eigenvalue weighted by Crippen LogP contribution is 2.35. The predicted molar refractivity (Wildman–Crippen MR) is 64.8 cm³/mol. The number of carbonyl (C=O) groups is 2. The second-order valence-electron chi connectivity index (χ2n) is 5.07. The Kier molecular flexibility index (Phi) is 4.70. The van der Waals surface area contributed by atoms with E-state index in [2.05, 4.69) is 9.15 Å². The second kappa shape index (κ2) is 5.79. The molecule has 0 aromatic carbocycles. The molecule has 0 aliphatic carbocycles. The van der Waals surface area contributed by atoms with Crippen molar-refractivity contribution in [1.29, 1.82) is 0 Å². The molecular weight excluding hydrogens is 293 g/mol. The maximum atomic E-state index is 12.8. The maximum Gasteiger partial charge on any atom is 0.450 e. The molecule has 0 atom stereocenters. The number of furan rings is 1. The largest absolute Gasteiger partial charge is 0.462 e. The van der Waals surface area contributed by atoms with E-state index in [4.69, 9.17) is 4.74 Å². The van der Waals surface area contributed by atoms with Gasteiger partial charge in [-0.1, -0.05) is 0 Å². The fourth-order valence-corrected chi connectivity index (χ4v) is 1.39. The standard InChI is InChI=1S/C13H15F3O5/c1-5-19-10(17)7-6-8(11(18)21-12(2,3)4)20-9(7)13(14,15)16/h6H,5H2,1-4H3. The highest BCUT2D eigenvalue weighted by Gasteiger charge is 2.42. The van der Waals surface area contributed by atoms with Crippen LogP contribution < -0.4 is 0 Å². The summed E-state index contributed by atoms with van der Waals surface area (Å²) in [5.74, 6) is -4.60. The van der Waals surface area contributed by atoms with Crippen molar-refractivity contribution in [1.82, 2.24) is 0 Å². The van der Waals surface area contributed by atoms with Gasteiger partial charge >= 0.3 is 18.1 Å². The number of rotatable bonds is 3. The van der Waals surface area contributed by atoms with Crippen molar-refractivity contribution in [2.75, 3.05) is 6.61 Å². The van der Waals surface area contributed by atoms with E-state index in [1.165, 1.54) is 6.92 Å². The molecule has 0 saturated carbocycles. The summed E-state index contributed by atoms with van der Waals surface area (Å²) in [5.41, 5.74) is -1.77. The van der Waals surface area contributed by atoms with Crippen LogP contribution in [0.1, 0.15) is 54.4 Å². The van der Waals surface area contributed by atoms with Gasteiger partial charge in [0.15, 0.2) is 0 Å². The summed E-state index contributed by atoms with van der Waals surface area (Å²) in [6, 6.07) is 0.675. The fraction of sp³-hybridized carbons (Fsp3) is 0.538. The van der Waals surface area contributed by atoms with Gasteiger partial charge in [0.1, 0.15) is 11.2 Å². The van der Waals surface area contributed by atoms with Crippen molar-refractivity contribution in [3.05, 3.63) is 23.2 Å². The molecule has 1 aromatic heterocycles. The van der Waals surface area contributed by atoms with E-state index in [1.54, 1.807) is 20.8 Å². The highest BCUT2D eigenvalue weighted by molar-refractivity contribution is 5.95. The Hall–Kier alpha value is -1.99. The lowest BCUT2D eigenvalue weighted by Gasteiger charge is -2.18. The summed E-state index contributed by atoms with van der Waals surface area (Å²) in [7, 11) is 0. The van der Waals surface area contributed by atoms with Crippen LogP contribution in [-0.4, -0.2) is 24.1 Å². The molecule has 0 saturated heterocycles. The zero-order chi connectivity index (χ0) is 16.4. The normalized spacial score (nSPS) is 12.1. The van der Waals surface area contributed by atoms with Gasteiger partial charge in [-0.3, -0.25) is 0 Å². The van der Waals surface area contributed by atoms with E-state index in [1.807, 2.05) is 0 Å². The van der Waals surface area contributed by atoms with Crippen LogP contribution in [0.2, 0.25) is 0 Å². The molecule has 0 bridgehead atoms. The van der Waals surface area contributed by atoms with Crippen LogP contribution in [0.4, 0.5) is 13.2 Å². The fourth-order valence-electron chi connectivity index (χ4n) is 1.39. The molecule has 0 radical (unpaired) electrons. The van der Waals surface area contributed by atoms with Crippen LogP contribution in [-0.2, 0) is 15.7 Å². The third-order valence-electron chi connectivity index (χ3n) is 2.08. The van der Waals surface area contributed by atoms with Crippen LogP contribution in [0.15, 0.2) is 10.5 Å². The molecular formula is C13H15F3O5. The van der Waals surface area contributed by atoms with Gasteiger partial charge in [-0.05, 0) is 27.7 Å². The molecule has 0 N–H and O–H groups in total. The van der Waals surface area contributed by atoms with Gasteiger partial charge in [-0.2, -0.15) is 13.2 Å². The van der Waals surface area contributed by atoms with Gasteiger partial charge in [-0.25, -0.2) is 9.59 Å². The first-order valence-corrected chi connectivity index (χ1v) is 6.07.